The predicted octanol–water partition coefficient (Wildman–Crippen LogP) is 4.74. The van der Waals surface area contributed by atoms with Gasteiger partial charge in [0.25, 0.3) is 0 Å². The molecule has 140 valence electrons. The Labute approximate surface area is 154 Å². The van der Waals surface area contributed by atoms with Crippen LogP contribution < -0.4 is 0 Å². The number of aliphatic hydroxyl groups excluding tert-OH is 2. The van der Waals surface area contributed by atoms with E-state index in [0.717, 1.165) is 34.5 Å². The molecule has 1 aliphatic rings. The normalized spacial score (nSPS) is 20.1. The summed E-state index contributed by atoms with van der Waals surface area (Å²) < 4.78 is 13.3. The number of benzene rings is 1. The van der Waals surface area contributed by atoms with Crippen LogP contribution >= 0.6 is 0 Å². The zero-order chi connectivity index (χ0) is 19.2. The topological polar surface area (TPSA) is 53.4 Å². The van der Waals surface area contributed by atoms with Gasteiger partial charge in [-0.3, -0.25) is 4.98 Å². The van der Waals surface area contributed by atoms with Crippen molar-refractivity contribution in [2.24, 2.45) is 5.41 Å². The van der Waals surface area contributed by atoms with E-state index in [2.05, 4.69) is 27.7 Å². The second kappa shape index (κ2) is 6.75. The Hall–Kier alpha value is -1.78. The molecule has 0 saturated heterocycles. The van der Waals surface area contributed by atoms with Crippen LogP contribution in [0.2, 0.25) is 0 Å². The third-order valence-electron chi connectivity index (χ3n) is 5.38. The molecular formula is C22H28FNO2. The van der Waals surface area contributed by atoms with Gasteiger partial charge in [0.2, 0.25) is 0 Å². The Kier molecular flexibility index (Phi) is 4.93. The lowest BCUT2D eigenvalue weighted by Gasteiger charge is -2.36. The second-order valence-electron chi connectivity index (χ2n) is 8.57. The van der Waals surface area contributed by atoms with E-state index >= 15 is 0 Å². The number of hydrogen-bond donors (Lipinski definition) is 2. The fraction of sp³-hybridized carbons (Fsp3) is 0.500. The lowest BCUT2D eigenvalue weighted by Crippen LogP contribution is -2.29. The van der Waals surface area contributed by atoms with Gasteiger partial charge in [0.1, 0.15) is 11.9 Å². The van der Waals surface area contributed by atoms with Crippen molar-refractivity contribution in [2.75, 3.05) is 0 Å². The van der Waals surface area contributed by atoms with Crippen molar-refractivity contribution in [1.82, 2.24) is 4.98 Å². The first-order chi connectivity index (χ1) is 12.1. The largest absolute Gasteiger partial charge is 0.388 e. The van der Waals surface area contributed by atoms with E-state index in [0.29, 0.717) is 12.0 Å². The summed E-state index contributed by atoms with van der Waals surface area (Å²) >= 11 is 0. The van der Waals surface area contributed by atoms with Gasteiger partial charge in [-0.25, -0.2) is 4.39 Å². The summed E-state index contributed by atoms with van der Waals surface area (Å²) in [5, 5.41) is 21.8. The highest BCUT2D eigenvalue weighted by Gasteiger charge is 2.36. The van der Waals surface area contributed by atoms with E-state index in [4.69, 9.17) is 4.98 Å². The number of rotatable bonds is 3. The van der Waals surface area contributed by atoms with Crippen molar-refractivity contribution < 1.29 is 14.6 Å². The van der Waals surface area contributed by atoms with Crippen molar-refractivity contribution in [1.29, 1.82) is 0 Å². The van der Waals surface area contributed by atoms with E-state index in [1.807, 2.05) is 6.92 Å². The zero-order valence-electron chi connectivity index (χ0n) is 16.2. The molecule has 0 aliphatic heterocycles. The van der Waals surface area contributed by atoms with Crippen molar-refractivity contribution in [3.05, 3.63) is 63.7 Å². The van der Waals surface area contributed by atoms with E-state index in [-0.39, 0.29) is 17.2 Å². The minimum absolute atomic E-state index is 0.00278. The van der Waals surface area contributed by atoms with E-state index < -0.39 is 12.2 Å². The van der Waals surface area contributed by atoms with Crippen LogP contribution in [0.3, 0.4) is 0 Å². The molecule has 1 heterocycles. The number of pyridine rings is 1. The Morgan fingerprint density at radius 3 is 2.38 bits per heavy atom. The van der Waals surface area contributed by atoms with Gasteiger partial charge in [-0.05, 0) is 54.4 Å². The summed E-state index contributed by atoms with van der Waals surface area (Å²) in [4.78, 5) is 4.89. The molecule has 0 spiro atoms. The maximum Gasteiger partial charge on any atom is 0.123 e. The summed E-state index contributed by atoms with van der Waals surface area (Å²) in [6.07, 6.45) is 0.0113. The van der Waals surface area contributed by atoms with Crippen LogP contribution in [0.25, 0.3) is 0 Å². The van der Waals surface area contributed by atoms with Crippen LogP contribution in [0.15, 0.2) is 24.3 Å². The van der Waals surface area contributed by atoms with Crippen LogP contribution in [0.1, 0.15) is 85.9 Å². The third kappa shape index (κ3) is 3.40. The van der Waals surface area contributed by atoms with Gasteiger partial charge >= 0.3 is 0 Å². The van der Waals surface area contributed by atoms with Crippen LogP contribution in [0.5, 0.6) is 0 Å². The molecule has 0 fully saturated rings. The number of nitrogens with zero attached hydrogens (tertiary/aromatic N) is 1. The summed E-state index contributed by atoms with van der Waals surface area (Å²) in [6.45, 7) is 10.4. The van der Waals surface area contributed by atoms with Gasteiger partial charge in [0.15, 0.2) is 0 Å². The summed E-state index contributed by atoms with van der Waals surface area (Å²) in [6, 6.07) is 5.91. The molecule has 1 aliphatic carbocycles. The number of aliphatic hydroxyl groups is 2. The molecule has 0 saturated carbocycles. The SMILES string of the molecule is Cc1c2c(nc(C(C)C)c1C(O)c1ccc(F)cc1)CC(C)(C)CC2O. The van der Waals surface area contributed by atoms with Gasteiger partial charge in [-0.2, -0.15) is 0 Å². The molecule has 2 aromatic rings. The Morgan fingerprint density at radius 1 is 1.19 bits per heavy atom. The monoisotopic (exact) mass is 357 g/mol. The van der Waals surface area contributed by atoms with E-state index in [9.17, 15) is 14.6 Å². The molecule has 4 heteroatoms. The average molecular weight is 357 g/mol. The average Bonchev–Trinajstić information content (AvgIpc) is 2.52. The molecule has 0 bridgehead atoms. The Morgan fingerprint density at radius 2 is 1.81 bits per heavy atom. The first-order valence-electron chi connectivity index (χ1n) is 9.25. The standard InChI is InChI=1S/C22H28FNO2/c1-12(2)20-19(21(26)14-6-8-15(23)9-7-14)13(3)18-16(24-20)10-22(4,5)11-17(18)25/h6-9,12,17,21,25-26H,10-11H2,1-5H3. The third-order valence-corrected chi connectivity index (χ3v) is 5.38. The van der Waals surface area contributed by atoms with Crippen molar-refractivity contribution >= 4 is 0 Å². The number of hydrogen-bond acceptors (Lipinski definition) is 3. The van der Waals surface area contributed by atoms with Gasteiger partial charge < -0.3 is 10.2 Å². The smallest absolute Gasteiger partial charge is 0.123 e. The molecule has 1 aromatic carbocycles. The minimum Gasteiger partial charge on any atom is -0.388 e. The van der Waals surface area contributed by atoms with Gasteiger partial charge in [0.05, 0.1) is 6.10 Å². The van der Waals surface area contributed by atoms with Crippen LogP contribution in [0, 0.1) is 18.2 Å². The molecular weight excluding hydrogens is 329 g/mol. The Balaban J connectivity index is 2.19. The molecule has 3 rings (SSSR count). The quantitative estimate of drug-likeness (QED) is 0.834. The number of halogens is 1. The van der Waals surface area contributed by atoms with Crippen molar-refractivity contribution in [3.63, 3.8) is 0 Å². The maximum absolute atomic E-state index is 13.3. The molecule has 26 heavy (non-hydrogen) atoms. The van der Waals surface area contributed by atoms with E-state index in [1.165, 1.54) is 12.1 Å². The maximum atomic E-state index is 13.3. The minimum atomic E-state index is -0.895. The van der Waals surface area contributed by atoms with Crippen LogP contribution in [-0.4, -0.2) is 15.2 Å². The first kappa shape index (κ1) is 19.0. The van der Waals surface area contributed by atoms with E-state index in [1.54, 1.807) is 12.1 Å². The van der Waals surface area contributed by atoms with Gasteiger partial charge in [0, 0.05) is 22.5 Å². The highest BCUT2D eigenvalue weighted by Crippen LogP contribution is 2.44. The molecule has 2 unspecified atom stereocenters. The molecule has 2 atom stereocenters. The van der Waals surface area contributed by atoms with Gasteiger partial charge in [-0.1, -0.05) is 39.8 Å². The summed E-state index contributed by atoms with van der Waals surface area (Å²) in [7, 11) is 0. The second-order valence-corrected chi connectivity index (χ2v) is 8.57. The van der Waals surface area contributed by atoms with Crippen LogP contribution in [0.4, 0.5) is 4.39 Å². The fourth-order valence-corrected chi connectivity index (χ4v) is 4.14. The summed E-state index contributed by atoms with van der Waals surface area (Å²) in [5.41, 5.74) is 4.90. The lowest BCUT2D eigenvalue weighted by molar-refractivity contribution is 0.0968. The van der Waals surface area contributed by atoms with Crippen molar-refractivity contribution in [2.45, 2.75) is 65.6 Å². The van der Waals surface area contributed by atoms with Crippen LogP contribution in [-0.2, 0) is 6.42 Å². The highest BCUT2D eigenvalue weighted by atomic mass is 19.1. The number of fused-ring (bicyclic) bond motifs is 1. The Bertz CT molecular complexity index is 812. The van der Waals surface area contributed by atoms with Crippen molar-refractivity contribution in [3.8, 4) is 0 Å². The highest BCUT2D eigenvalue weighted by molar-refractivity contribution is 5.47. The number of aromatic nitrogens is 1. The molecule has 0 amide bonds. The first-order valence-corrected chi connectivity index (χ1v) is 9.25. The fourth-order valence-electron chi connectivity index (χ4n) is 4.14. The molecule has 0 radical (unpaired) electrons. The molecule has 2 N–H and O–H groups in total. The summed E-state index contributed by atoms with van der Waals surface area (Å²) in [5.74, 6) is -0.200. The lowest BCUT2D eigenvalue weighted by atomic mass is 9.72. The molecule has 1 aromatic heterocycles. The zero-order valence-corrected chi connectivity index (χ0v) is 16.2. The molecule has 3 nitrogen and oxygen atoms in total. The van der Waals surface area contributed by atoms with Gasteiger partial charge in [-0.15, -0.1) is 0 Å². The predicted molar refractivity (Wildman–Crippen MR) is 101 cm³/mol.